The number of nitrogens with zero attached hydrogens (tertiary/aromatic N) is 2. The van der Waals surface area contributed by atoms with Gasteiger partial charge in [-0.05, 0) is 19.3 Å². The van der Waals surface area contributed by atoms with Crippen molar-refractivity contribution < 1.29 is 9.59 Å². The first-order valence-electron chi connectivity index (χ1n) is 5.73. The lowest BCUT2D eigenvalue weighted by Gasteiger charge is -2.11. The highest BCUT2D eigenvalue weighted by Gasteiger charge is 2.36. The predicted octanol–water partition coefficient (Wildman–Crippen LogP) is 0.470. The Kier molecular flexibility index (Phi) is 2.39. The number of nitrogens with two attached hydrogens (primary N) is 1. The molecule has 1 fully saturated rings. The highest BCUT2D eigenvalue weighted by Crippen LogP contribution is 2.35. The molecule has 0 spiro atoms. The molecule has 2 amide bonds. The van der Waals surface area contributed by atoms with E-state index in [1.54, 1.807) is 16.2 Å². The predicted molar refractivity (Wildman–Crippen MR) is 63.8 cm³/mol. The summed E-state index contributed by atoms with van der Waals surface area (Å²) in [5, 5.41) is 0.739. The summed E-state index contributed by atoms with van der Waals surface area (Å²) in [6.45, 7) is 0.389. The van der Waals surface area contributed by atoms with Crippen LogP contribution in [0.5, 0.6) is 0 Å². The average molecular weight is 251 g/mol. The second-order valence-corrected chi connectivity index (χ2v) is 5.59. The van der Waals surface area contributed by atoms with Gasteiger partial charge >= 0.3 is 0 Å². The molecule has 17 heavy (non-hydrogen) atoms. The van der Waals surface area contributed by atoms with Gasteiger partial charge in [-0.15, -0.1) is 11.3 Å². The number of fused-ring (bicyclic) bond motifs is 1. The Morgan fingerprint density at radius 2 is 2.29 bits per heavy atom. The summed E-state index contributed by atoms with van der Waals surface area (Å²) in [6.07, 6.45) is 3.45. The van der Waals surface area contributed by atoms with E-state index in [1.165, 1.54) is 4.88 Å². The third-order valence-corrected chi connectivity index (χ3v) is 4.52. The topological polar surface area (TPSA) is 76.3 Å². The van der Waals surface area contributed by atoms with Gasteiger partial charge in [0, 0.05) is 17.8 Å². The molecule has 0 bridgehead atoms. The lowest BCUT2D eigenvalue weighted by Crippen LogP contribution is -2.28. The van der Waals surface area contributed by atoms with E-state index in [2.05, 4.69) is 4.98 Å². The monoisotopic (exact) mass is 251 g/mol. The van der Waals surface area contributed by atoms with Crippen molar-refractivity contribution >= 4 is 28.3 Å². The molecule has 0 saturated carbocycles. The number of primary amides is 1. The summed E-state index contributed by atoms with van der Waals surface area (Å²) in [5.74, 6) is -0.799. The Morgan fingerprint density at radius 3 is 2.94 bits per heavy atom. The molecule has 6 heteroatoms. The largest absolute Gasteiger partial charge is 0.369 e. The van der Waals surface area contributed by atoms with Gasteiger partial charge in [0.1, 0.15) is 0 Å². The number of carbonyl (C=O) groups excluding carboxylic acids is 2. The molecule has 1 saturated heterocycles. The van der Waals surface area contributed by atoms with Crippen molar-refractivity contribution in [1.82, 2.24) is 4.98 Å². The minimum Gasteiger partial charge on any atom is -0.369 e. The van der Waals surface area contributed by atoms with Crippen molar-refractivity contribution in [1.29, 1.82) is 0 Å². The molecular formula is C11H13N3O2S. The molecule has 1 unspecified atom stereocenters. The van der Waals surface area contributed by atoms with Crippen LogP contribution in [0.15, 0.2) is 0 Å². The molecule has 1 aromatic heterocycles. The molecular weight excluding hydrogens is 238 g/mol. The smallest absolute Gasteiger partial charge is 0.229 e. The zero-order valence-electron chi connectivity index (χ0n) is 9.31. The summed E-state index contributed by atoms with van der Waals surface area (Å²) >= 11 is 1.58. The third kappa shape index (κ3) is 1.72. The van der Waals surface area contributed by atoms with Crippen LogP contribution in [0.2, 0.25) is 0 Å². The van der Waals surface area contributed by atoms with Crippen LogP contribution in [0.4, 0.5) is 5.13 Å². The number of hydrogen-bond donors (Lipinski definition) is 1. The second-order valence-electron chi connectivity index (χ2n) is 4.53. The normalized spacial score (nSPS) is 23.2. The third-order valence-electron chi connectivity index (χ3n) is 3.34. The Bertz CT molecular complexity index is 475. The fourth-order valence-electron chi connectivity index (χ4n) is 2.38. The van der Waals surface area contributed by atoms with Crippen LogP contribution >= 0.6 is 11.3 Å². The molecule has 5 nitrogen and oxygen atoms in total. The Balaban J connectivity index is 1.84. The molecule has 0 radical (unpaired) electrons. The Labute approximate surface area is 103 Å². The van der Waals surface area contributed by atoms with Gasteiger partial charge in [-0.1, -0.05) is 0 Å². The molecule has 3 rings (SSSR count). The standard InChI is InChI=1S/C11H13N3O2S/c12-10(16)6-4-9(15)14(5-6)11-13-7-2-1-3-8(7)17-11/h6H,1-5H2,(H2,12,16). The van der Waals surface area contributed by atoms with E-state index in [1.807, 2.05) is 0 Å². The number of hydrogen-bond acceptors (Lipinski definition) is 4. The van der Waals surface area contributed by atoms with Crippen molar-refractivity contribution in [3.8, 4) is 0 Å². The van der Waals surface area contributed by atoms with E-state index in [4.69, 9.17) is 5.73 Å². The summed E-state index contributed by atoms with van der Waals surface area (Å²) in [4.78, 5) is 30.3. The van der Waals surface area contributed by atoms with Gasteiger partial charge in [-0.2, -0.15) is 0 Å². The molecule has 90 valence electrons. The maximum atomic E-state index is 11.8. The van der Waals surface area contributed by atoms with E-state index < -0.39 is 5.91 Å². The molecule has 2 heterocycles. The van der Waals surface area contributed by atoms with Gasteiger partial charge in [0.25, 0.3) is 0 Å². The van der Waals surface area contributed by atoms with E-state index in [0.29, 0.717) is 6.54 Å². The Morgan fingerprint density at radius 1 is 1.47 bits per heavy atom. The quantitative estimate of drug-likeness (QED) is 0.830. The fourth-order valence-corrected chi connectivity index (χ4v) is 3.55. The van der Waals surface area contributed by atoms with Gasteiger partial charge in [0.05, 0.1) is 11.6 Å². The minimum absolute atomic E-state index is 0.0405. The number of aryl methyl sites for hydroxylation is 2. The van der Waals surface area contributed by atoms with Gasteiger partial charge in [-0.25, -0.2) is 4.98 Å². The first kappa shape index (κ1) is 10.7. The highest BCUT2D eigenvalue weighted by molar-refractivity contribution is 7.16. The van der Waals surface area contributed by atoms with Crippen LogP contribution < -0.4 is 10.6 Å². The molecule has 0 aromatic carbocycles. The van der Waals surface area contributed by atoms with E-state index in [-0.39, 0.29) is 18.2 Å². The minimum atomic E-state index is -0.398. The molecule has 1 atom stereocenters. The maximum absolute atomic E-state index is 11.8. The van der Waals surface area contributed by atoms with Crippen molar-refractivity contribution in [2.75, 3.05) is 11.4 Å². The van der Waals surface area contributed by atoms with Crippen molar-refractivity contribution in [2.24, 2.45) is 11.7 Å². The number of rotatable bonds is 2. The number of carbonyl (C=O) groups is 2. The van der Waals surface area contributed by atoms with E-state index in [9.17, 15) is 9.59 Å². The molecule has 1 aliphatic carbocycles. The molecule has 1 aliphatic heterocycles. The van der Waals surface area contributed by atoms with Crippen LogP contribution in [0, 0.1) is 5.92 Å². The number of thiazole rings is 1. The Hall–Kier alpha value is -1.43. The highest BCUT2D eigenvalue weighted by atomic mass is 32.1. The van der Waals surface area contributed by atoms with Crippen molar-refractivity contribution in [3.05, 3.63) is 10.6 Å². The van der Waals surface area contributed by atoms with Gasteiger partial charge < -0.3 is 5.73 Å². The SMILES string of the molecule is NC(=O)C1CC(=O)N(c2nc3c(s2)CCC3)C1. The van der Waals surface area contributed by atoms with E-state index in [0.717, 1.165) is 30.1 Å². The summed E-state index contributed by atoms with van der Waals surface area (Å²) in [6, 6.07) is 0. The summed E-state index contributed by atoms with van der Waals surface area (Å²) < 4.78 is 0. The lowest BCUT2D eigenvalue weighted by atomic mass is 10.1. The number of anilines is 1. The van der Waals surface area contributed by atoms with Gasteiger partial charge in [0.15, 0.2) is 5.13 Å². The zero-order chi connectivity index (χ0) is 12.0. The second kappa shape index (κ2) is 3.80. The first-order chi connectivity index (χ1) is 8.15. The van der Waals surface area contributed by atoms with Crippen LogP contribution in [-0.2, 0) is 22.4 Å². The first-order valence-corrected chi connectivity index (χ1v) is 6.55. The van der Waals surface area contributed by atoms with Crippen LogP contribution in [0.1, 0.15) is 23.4 Å². The summed E-state index contributed by atoms with van der Waals surface area (Å²) in [7, 11) is 0. The molecule has 2 aliphatic rings. The van der Waals surface area contributed by atoms with Crippen LogP contribution in [0.25, 0.3) is 0 Å². The fraction of sp³-hybridized carbons (Fsp3) is 0.545. The summed E-state index contributed by atoms with van der Waals surface area (Å²) in [5.41, 5.74) is 6.36. The maximum Gasteiger partial charge on any atom is 0.229 e. The zero-order valence-corrected chi connectivity index (χ0v) is 10.1. The number of amides is 2. The van der Waals surface area contributed by atoms with Gasteiger partial charge in [-0.3, -0.25) is 14.5 Å². The van der Waals surface area contributed by atoms with Crippen molar-refractivity contribution in [3.63, 3.8) is 0 Å². The molecule has 1 aromatic rings. The van der Waals surface area contributed by atoms with Crippen LogP contribution in [0.3, 0.4) is 0 Å². The average Bonchev–Trinajstić information content (AvgIpc) is 2.88. The van der Waals surface area contributed by atoms with Crippen LogP contribution in [-0.4, -0.2) is 23.3 Å². The van der Waals surface area contributed by atoms with Crippen molar-refractivity contribution in [2.45, 2.75) is 25.7 Å². The molecule has 2 N–H and O–H groups in total. The lowest BCUT2D eigenvalue weighted by molar-refractivity contribution is -0.123. The number of aromatic nitrogens is 1. The van der Waals surface area contributed by atoms with Gasteiger partial charge in [0.2, 0.25) is 11.8 Å². The van der Waals surface area contributed by atoms with E-state index >= 15 is 0 Å².